The lowest BCUT2D eigenvalue weighted by Crippen LogP contribution is -2.33. The highest BCUT2D eigenvalue weighted by Gasteiger charge is 2.39. The number of carbonyl (C=O) groups is 2. The smallest absolute Gasteiger partial charge is 0.311 e. The predicted molar refractivity (Wildman–Crippen MR) is 128 cm³/mol. The van der Waals surface area contributed by atoms with E-state index in [2.05, 4.69) is 5.32 Å². The molecule has 1 heterocycles. The molecular formula is C27H21ClN2O5. The molecule has 0 saturated heterocycles. The Bertz CT molecular complexity index is 1320. The molecule has 3 aromatic carbocycles. The van der Waals surface area contributed by atoms with Gasteiger partial charge >= 0.3 is 5.97 Å². The lowest BCUT2D eigenvalue weighted by atomic mass is 9.91. The van der Waals surface area contributed by atoms with Gasteiger partial charge in [0.25, 0.3) is 5.91 Å². The molecule has 0 bridgehead atoms. The van der Waals surface area contributed by atoms with Gasteiger partial charge in [-0.05, 0) is 66.6 Å². The van der Waals surface area contributed by atoms with Crippen molar-refractivity contribution in [2.45, 2.75) is 37.0 Å². The van der Waals surface area contributed by atoms with Crippen LogP contribution in [0, 0.1) is 11.3 Å². The van der Waals surface area contributed by atoms with Crippen molar-refractivity contribution in [3.05, 3.63) is 94.0 Å². The molecule has 2 N–H and O–H groups in total. The first-order valence-electron chi connectivity index (χ1n) is 11.2. The Morgan fingerprint density at radius 2 is 1.80 bits per heavy atom. The van der Waals surface area contributed by atoms with E-state index in [1.54, 1.807) is 36.4 Å². The molecule has 0 radical (unpaired) electrons. The fourth-order valence-corrected chi connectivity index (χ4v) is 4.46. The molecule has 4 unspecified atom stereocenters. The minimum Gasteiger partial charge on any atom is -0.481 e. The first-order valence-corrected chi connectivity index (χ1v) is 11.6. The number of carboxylic acid groups (broad SMARTS) is 1. The molecule has 8 heteroatoms. The third-order valence-corrected chi connectivity index (χ3v) is 6.54. The van der Waals surface area contributed by atoms with E-state index >= 15 is 0 Å². The molecule has 35 heavy (non-hydrogen) atoms. The molecule has 1 aliphatic carbocycles. The van der Waals surface area contributed by atoms with Crippen LogP contribution in [0.15, 0.2) is 66.7 Å². The number of carboxylic acids is 1. The van der Waals surface area contributed by atoms with E-state index in [0.29, 0.717) is 33.2 Å². The Hall–Kier alpha value is -4.02. The van der Waals surface area contributed by atoms with Crippen molar-refractivity contribution < 1.29 is 24.2 Å². The summed E-state index contributed by atoms with van der Waals surface area (Å²) in [5, 5.41) is 22.5. The number of nitriles is 1. The van der Waals surface area contributed by atoms with Crippen LogP contribution >= 0.6 is 11.6 Å². The van der Waals surface area contributed by atoms with Crippen LogP contribution in [0.1, 0.15) is 51.7 Å². The van der Waals surface area contributed by atoms with Crippen molar-refractivity contribution in [3.8, 4) is 17.6 Å². The first kappa shape index (κ1) is 22.8. The van der Waals surface area contributed by atoms with Gasteiger partial charge in [0.15, 0.2) is 0 Å². The zero-order valence-corrected chi connectivity index (χ0v) is 19.2. The van der Waals surface area contributed by atoms with E-state index in [9.17, 15) is 14.7 Å². The lowest BCUT2D eigenvalue weighted by molar-refractivity contribution is -0.141. The quantitative estimate of drug-likeness (QED) is 0.513. The minimum absolute atomic E-state index is 0.0878. The predicted octanol–water partition coefficient (Wildman–Crippen LogP) is 4.85. The topological polar surface area (TPSA) is 109 Å². The zero-order valence-electron chi connectivity index (χ0n) is 18.5. The van der Waals surface area contributed by atoms with Crippen LogP contribution in [-0.2, 0) is 4.79 Å². The summed E-state index contributed by atoms with van der Waals surface area (Å²) >= 11 is 5.94. The maximum absolute atomic E-state index is 12.6. The van der Waals surface area contributed by atoms with E-state index in [1.807, 2.05) is 30.3 Å². The number of nitrogens with zero attached hydrogens (tertiary/aromatic N) is 1. The maximum atomic E-state index is 12.6. The van der Waals surface area contributed by atoms with E-state index in [-0.39, 0.29) is 24.3 Å². The summed E-state index contributed by atoms with van der Waals surface area (Å²) in [6, 6.07) is 21.1. The molecule has 2 aliphatic rings. The number of nitrogens with one attached hydrogen (secondary N) is 1. The van der Waals surface area contributed by atoms with Crippen molar-refractivity contribution in [1.82, 2.24) is 5.32 Å². The van der Waals surface area contributed by atoms with Gasteiger partial charge < -0.3 is 19.9 Å². The number of benzene rings is 3. The van der Waals surface area contributed by atoms with Crippen molar-refractivity contribution in [2.24, 2.45) is 0 Å². The number of rotatable bonds is 6. The second kappa shape index (κ2) is 9.32. The third-order valence-electron chi connectivity index (χ3n) is 6.29. The number of hydrogen-bond donors (Lipinski definition) is 2. The second-order valence-electron chi connectivity index (χ2n) is 8.65. The van der Waals surface area contributed by atoms with E-state index in [1.165, 1.54) is 6.07 Å². The van der Waals surface area contributed by atoms with Gasteiger partial charge in [0.1, 0.15) is 11.5 Å². The van der Waals surface area contributed by atoms with Crippen LogP contribution < -0.4 is 14.8 Å². The monoisotopic (exact) mass is 488 g/mol. The average Bonchev–Trinajstić information content (AvgIpc) is 3.63. The van der Waals surface area contributed by atoms with Gasteiger partial charge in [-0.3, -0.25) is 9.59 Å². The third kappa shape index (κ3) is 4.93. The van der Waals surface area contributed by atoms with Crippen LogP contribution in [-0.4, -0.2) is 29.3 Å². The van der Waals surface area contributed by atoms with Gasteiger partial charge in [-0.25, -0.2) is 0 Å². The van der Waals surface area contributed by atoms with Crippen LogP contribution in [0.3, 0.4) is 0 Å². The fourth-order valence-electron chi connectivity index (χ4n) is 4.33. The molecule has 4 atom stereocenters. The van der Waals surface area contributed by atoms with Gasteiger partial charge in [0, 0.05) is 34.5 Å². The lowest BCUT2D eigenvalue weighted by Gasteiger charge is -2.30. The molecule has 1 saturated carbocycles. The average molecular weight is 489 g/mol. The van der Waals surface area contributed by atoms with Gasteiger partial charge in [0.2, 0.25) is 6.29 Å². The van der Waals surface area contributed by atoms with E-state index < -0.39 is 18.2 Å². The number of amides is 1. The molecule has 7 nitrogen and oxygen atoms in total. The number of carbonyl (C=O) groups excluding carboxylic acids is 1. The Morgan fingerprint density at radius 3 is 2.49 bits per heavy atom. The standard InChI is InChI=1S/C27H21ClN2O5/c28-18-6-2-16(3-7-18)20-12-23(20)30-26(31)17-4-8-19(9-5-17)34-25-13-22(27(32)33)21-11-15(14-29)1-10-24(21)35-25/h1-11,20,22-23,25H,12-13H2,(H,30,31)(H,32,33). The highest BCUT2D eigenvalue weighted by Crippen LogP contribution is 2.41. The Kier molecular flexibility index (Phi) is 6.06. The van der Waals surface area contributed by atoms with Crippen LogP contribution in [0.25, 0.3) is 0 Å². The highest BCUT2D eigenvalue weighted by atomic mass is 35.5. The first-order chi connectivity index (χ1) is 16.9. The molecule has 1 aliphatic heterocycles. The molecule has 176 valence electrons. The summed E-state index contributed by atoms with van der Waals surface area (Å²) in [6.45, 7) is 0. The van der Waals surface area contributed by atoms with E-state index in [0.717, 1.165) is 12.0 Å². The molecule has 1 fully saturated rings. The van der Waals surface area contributed by atoms with Gasteiger partial charge in [-0.1, -0.05) is 23.7 Å². The number of ether oxygens (including phenoxy) is 2. The molecule has 0 aromatic heterocycles. The summed E-state index contributed by atoms with van der Waals surface area (Å²) < 4.78 is 11.7. The molecule has 0 spiro atoms. The summed E-state index contributed by atoms with van der Waals surface area (Å²) in [4.78, 5) is 24.5. The van der Waals surface area contributed by atoms with Gasteiger partial charge in [-0.2, -0.15) is 5.26 Å². The van der Waals surface area contributed by atoms with Gasteiger partial charge in [-0.15, -0.1) is 0 Å². The van der Waals surface area contributed by atoms with Crippen molar-refractivity contribution >= 4 is 23.5 Å². The summed E-state index contributed by atoms with van der Waals surface area (Å²) in [6.07, 6.45) is 0.158. The summed E-state index contributed by atoms with van der Waals surface area (Å²) in [5.74, 6) is -0.908. The Balaban J connectivity index is 1.21. The van der Waals surface area contributed by atoms with E-state index in [4.69, 9.17) is 26.3 Å². The van der Waals surface area contributed by atoms with Gasteiger partial charge in [0.05, 0.1) is 17.6 Å². The fraction of sp³-hybridized carbons (Fsp3) is 0.222. The molecule has 5 rings (SSSR count). The van der Waals surface area contributed by atoms with Crippen LogP contribution in [0.5, 0.6) is 11.5 Å². The number of aliphatic carboxylic acids is 1. The maximum Gasteiger partial charge on any atom is 0.311 e. The largest absolute Gasteiger partial charge is 0.481 e. The normalized spacial score (nSPS) is 22.2. The number of fused-ring (bicyclic) bond motifs is 1. The summed E-state index contributed by atoms with van der Waals surface area (Å²) in [7, 11) is 0. The number of hydrogen-bond acceptors (Lipinski definition) is 5. The zero-order chi connectivity index (χ0) is 24.5. The van der Waals surface area contributed by atoms with Crippen LogP contribution in [0.4, 0.5) is 0 Å². The van der Waals surface area contributed by atoms with Crippen LogP contribution in [0.2, 0.25) is 5.02 Å². The second-order valence-corrected chi connectivity index (χ2v) is 9.09. The van der Waals surface area contributed by atoms with Crippen molar-refractivity contribution in [2.75, 3.05) is 0 Å². The minimum atomic E-state index is -1.01. The molecular weight excluding hydrogens is 468 g/mol. The Labute approximate surface area is 206 Å². The molecule has 1 amide bonds. The van der Waals surface area contributed by atoms with Crippen molar-refractivity contribution in [3.63, 3.8) is 0 Å². The number of halogens is 1. The molecule has 3 aromatic rings. The summed E-state index contributed by atoms with van der Waals surface area (Å²) in [5.41, 5.74) is 2.49. The highest BCUT2D eigenvalue weighted by molar-refractivity contribution is 6.30. The SMILES string of the molecule is N#Cc1ccc2c(c1)C(C(=O)O)CC(Oc1ccc(C(=O)NC3CC3c3ccc(Cl)cc3)cc1)O2. The Morgan fingerprint density at radius 1 is 1.06 bits per heavy atom. The van der Waals surface area contributed by atoms with Crippen molar-refractivity contribution in [1.29, 1.82) is 5.26 Å².